The molecule has 14 heavy (non-hydrogen) atoms. The van der Waals surface area contributed by atoms with Gasteiger partial charge in [0.1, 0.15) is 18.3 Å². The number of rotatable bonds is 6. The number of alkyl halides is 1. The van der Waals surface area contributed by atoms with Crippen molar-refractivity contribution in [2.24, 2.45) is 0 Å². The lowest BCUT2D eigenvalue weighted by molar-refractivity contribution is -0.145. The Balaban J connectivity index is 4.30. The van der Waals surface area contributed by atoms with Gasteiger partial charge in [0.25, 0.3) is 0 Å². The van der Waals surface area contributed by atoms with E-state index < -0.39 is 36.9 Å². The van der Waals surface area contributed by atoms with Gasteiger partial charge in [0.05, 0.1) is 6.10 Å². The van der Waals surface area contributed by atoms with Crippen molar-refractivity contribution in [2.75, 3.05) is 6.67 Å². The van der Waals surface area contributed by atoms with Crippen LogP contribution in [0.5, 0.6) is 0 Å². The van der Waals surface area contributed by atoms with Gasteiger partial charge in [0.15, 0.2) is 12.5 Å². The van der Waals surface area contributed by atoms with Crippen LogP contribution in [0.2, 0.25) is 0 Å². The number of ketones is 1. The van der Waals surface area contributed by atoms with Crippen molar-refractivity contribution >= 4 is 5.78 Å². The fourth-order valence-corrected chi connectivity index (χ4v) is 0.925. The number of aliphatic hydroxyl groups excluding tert-OH is 4. The SMILES string of the molecule is CCC(O)C(O)C(O)C(O)C(=O)CF. The normalized spacial score (nSPS) is 19.9. The summed E-state index contributed by atoms with van der Waals surface area (Å²) >= 11 is 0. The van der Waals surface area contributed by atoms with Crippen molar-refractivity contribution in [3.8, 4) is 0 Å². The standard InChI is InChI=1S/C8H15FO5/c1-2-4(10)6(12)8(14)7(13)5(11)3-9/h4,6-8,10,12-14H,2-3H2,1H3. The van der Waals surface area contributed by atoms with Crippen molar-refractivity contribution in [3.63, 3.8) is 0 Å². The van der Waals surface area contributed by atoms with Gasteiger partial charge in [-0.25, -0.2) is 4.39 Å². The van der Waals surface area contributed by atoms with Crippen LogP contribution in [0.4, 0.5) is 4.39 Å². The molecule has 4 N–H and O–H groups in total. The van der Waals surface area contributed by atoms with Crippen molar-refractivity contribution in [1.29, 1.82) is 0 Å². The third-order valence-electron chi connectivity index (χ3n) is 1.95. The van der Waals surface area contributed by atoms with Gasteiger partial charge in [-0.3, -0.25) is 4.79 Å². The molecule has 0 saturated heterocycles. The lowest BCUT2D eigenvalue weighted by Crippen LogP contribution is -2.47. The van der Waals surface area contributed by atoms with Crippen LogP contribution in [0, 0.1) is 0 Å². The minimum absolute atomic E-state index is 0.148. The largest absolute Gasteiger partial charge is 0.390 e. The summed E-state index contributed by atoms with van der Waals surface area (Å²) < 4.78 is 11.8. The Morgan fingerprint density at radius 1 is 1.21 bits per heavy atom. The fourth-order valence-electron chi connectivity index (χ4n) is 0.925. The molecule has 0 radical (unpaired) electrons. The van der Waals surface area contributed by atoms with Crippen LogP contribution >= 0.6 is 0 Å². The number of halogens is 1. The monoisotopic (exact) mass is 210 g/mol. The van der Waals surface area contributed by atoms with Gasteiger partial charge < -0.3 is 20.4 Å². The molecular formula is C8H15FO5. The average Bonchev–Trinajstić information content (AvgIpc) is 2.23. The maximum absolute atomic E-state index is 11.8. The first-order valence-electron chi connectivity index (χ1n) is 4.26. The van der Waals surface area contributed by atoms with E-state index in [0.717, 1.165) is 0 Å². The molecule has 4 atom stereocenters. The summed E-state index contributed by atoms with van der Waals surface area (Å²) in [6, 6.07) is 0. The lowest BCUT2D eigenvalue weighted by Gasteiger charge is -2.24. The number of hydrogen-bond donors (Lipinski definition) is 4. The highest BCUT2D eigenvalue weighted by Gasteiger charge is 2.33. The molecule has 0 aromatic carbocycles. The molecule has 0 aliphatic rings. The summed E-state index contributed by atoms with van der Waals surface area (Å²) in [6.45, 7) is 0.122. The lowest BCUT2D eigenvalue weighted by atomic mass is 9.99. The van der Waals surface area contributed by atoms with E-state index >= 15 is 0 Å². The van der Waals surface area contributed by atoms with Crippen LogP contribution in [0.25, 0.3) is 0 Å². The number of aliphatic hydroxyl groups is 4. The van der Waals surface area contributed by atoms with E-state index in [2.05, 4.69) is 0 Å². The van der Waals surface area contributed by atoms with Gasteiger partial charge in [-0.2, -0.15) is 0 Å². The number of hydrogen-bond acceptors (Lipinski definition) is 5. The van der Waals surface area contributed by atoms with E-state index in [1.165, 1.54) is 0 Å². The zero-order valence-corrected chi connectivity index (χ0v) is 7.80. The molecule has 0 aromatic rings. The fraction of sp³-hybridized carbons (Fsp3) is 0.875. The van der Waals surface area contributed by atoms with Crippen LogP contribution in [0.3, 0.4) is 0 Å². The Bertz CT molecular complexity index is 187. The topological polar surface area (TPSA) is 98.0 Å². The first-order valence-corrected chi connectivity index (χ1v) is 4.26. The maximum Gasteiger partial charge on any atom is 0.194 e. The molecule has 0 heterocycles. The Morgan fingerprint density at radius 2 is 1.71 bits per heavy atom. The smallest absolute Gasteiger partial charge is 0.194 e. The molecule has 5 nitrogen and oxygen atoms in total. The van der Waals surface area contributed by atoms with Crippen LogP contribution < -0.4 is 0 Å². The summed E-state index contributed by atoms with van der Waals surface area (Å²) in [4.78, 5) is 10.6. The van der Waals surface area contributed by atoms with E-state index in [4.69, 9.17) is 20.4 Å². The van der Waals surface area contributed by atoms with Gasteiger partial charge in [-0.15, -0.1) is 0 Å². The predicted octanol–water partition coefficient (Wildman–Crippen LogP) is -1.62. The van der Waals surface area contributed by atoms with Crippen molar-refractivity contribution in [1.82, 2.24) is 0 Å². The zero-order chi connectivity index (χ0) is 11.3. The molecular weight excluding hydrogens is 195 g/mol. The summed E-state index contributed by atoms with van der Waals surface area (Å²) in [6.07, 6.45) is -6.64. The summed E-state index contributed by atoms with van der Waals surface area (Å²) in [5.74, 6) is -1.22. The highest BCUT2D eigenvalue weighted by atomic mass is 19.1. The Hall–Kier alpha value is -0.560. The molecule has 0 bridgehead atoms. The molecule has 0 aliphatic carbocycles. The zero-order valence-electron chi connectivity index (χ0n) is 7.80. The van der Waals surface area contributed by atoms with Crippen LogP contribution in [-0.2, 0) is 4.79 Å². The van der Waals surface area contributed by atoms with Crippen molar-refractivity contribution in [2.45, 2.75) is 37.8 Å². The highest BCUT2D eigenvalue weighted by molar-refractivity contribution is 5.84. The third kappa shape index (κ3) is 3.30. The highest BCUT2D eigenvalue weighted by Crippen LogP contribution is 2.08. The average molecular weight is 210 g/mol. The quantitative estimate of drug-likeness (QED) is 0.422. The maximum atomic E-state index is 11.8. The summed E-state index contributed by atoms with van der Waals surface area (Å²) in [5.41, 5.74) is 0. The molecule has 84 valence electrons. The second kappa shape index (κ2) is 6.02. The molecule has 6 heteroatoms. The molecule has 0 amide bonds. The van der Waals surface area contributed by atoms with Gasteiger partial charge in [0.2, 0.25) is 0 Å². The van der Waals surface area contributed by atoms with E-state index in [-0.39, 0.29) is 6.42 Å². The first-order chi connectivity index (χ1) is 6.45. The third-order valence-corrected chi connectivity index (χ3v) is 1.95. The van der Waals surface area contributed by atoms with E-state index in [9.17, 15) is 9.18 Å². The Morgan fingerprint density at radius 3 is 2.07 bits per heavy atom. The summed E-state index contributed by atoms with van der Waals surface area (Å²) in [7, 11) is 0. The molecule has 0 aromatic heterocycles. The number of carbonyl (C=O) groups is 1. The number of carbonyl (C=O) groups excluding carboxylic acids is 1. The molecule has 4 unspecified atom stereocenters. The van der Waals surface area contributed by atoms with Gasteiger partial charge in [0, 0.05) is 0 Å². The second-order valence-corrected chi connectivity index (χ2v) is 3.00. The minimum atomic E-state index is -2.00. The molecule has 0 aliphatic heterocycles. The predicted molar refractivity (Wildman–Crippen MR) is 45.3 cm³/mol. The Labute approximate surface area is 80.8 Å². The van der Waals surface area contributed by atoms with Crippen molar-refractivity contribution in [3.05, 3.63) is 0 Å². The summed E-state index contributed by atoms with van der Waals surface area (Å²) in [5, 5.41) is 36.4. The first kappa shape index (κ1) is 13.4. The Kier molecular flexibility index (Phi) is 5.78. The number of Topliss-reactive ketones (excluding diaryl/α,β-unsaturated/α-hetero) is 1. The van der Waals surface area contributed by atoms with Gasteiger partial charge >= 0.3 is 0 Å². The van der Waals surface area contributed by atoms with Gasteiger partial charge in [-0.05, 0) is 6.42 Å². The van der Waals surface area contributed by atoms with E-state index in [0.29, 0.717) is 0 Å². The van der Waals surface area contributed by atoms with E-state index in [1.54, 1.807) is 6.92 Å². The van der Waals surface area contributed by atoms with Crippen molar-refractivity contribution < 1.29 is 29.6 Å². The molecule has 0 spiro atoms. The van der Waals surface area contributed by atoms with Crippen LogP contribution in [0.15, 0.2) is 0 Å². The second-order valence-electron chi connectivity index (χ2n) is 3.00. The van der Waals surface area contributed by atoms with Crippen LogP contribution in [0.1, 0.15) is 13.3 Å². The molecule has 0 fully saturated rings. The minimum Gasteiger partial charge on any atom is -0.390 e. The van der Waals surface area contributed by atoms with Gasteiger partial charge in [-0.1, -0.05) is 6.92 Å². The van der Waals surface area contributed by atoms with Crippen LogP contribution in [-0.4, -0.2) is 57.3 Å². The molecule has 0 saturated carbocycles. The molecule has 0 rings (SSSR count). The van der Waals surface area contributed by atoms with E-state index in [1.807, 2.05) is 0 Å².